The molecule has 3 heteroatoms. The Morgan fingerprint density at radius 3 is 2.06 bits per heavy atom. The van der Waals surface area contributed by atoms with Crippen LogP contribution in [-0.2, 0) is 5.41 Å². The van der Waals surface area contributed by atoms with Crippen molar-refractivity contribution in [2.75, 3.05) is 0 Å². The summed E-state index contributed by atoms with van der Waals surface area (Å²) in [4.78, 5) is 0. The average molecular weight is 225 g/mol. The molecule has 2 N–H and O–H groups in total. The summed E-state index contributed by atoms with van der Waals surface area (Å²) < 4.78 is 26.0. The van der Waals surface area contributed by atoms with Crippen LogP contribution in [0.5, 0.6) is 0 Å². The number of nitrogens with two attached hydrogens (primary N) is 1. The minimum Gasteiger partial charge on any atom is -0.324 e. The standard InChI is InChI=1S/C13H17F2N/c1-11(2,10-6-4-3-5-7-10)12(16)8-13(14,15)9-12/h3-7H,8-9,16H2,1-2H3. The van der Waals surface area contributed by atoms with E-state index in [1.807, 2.05) is 44.2 Å². The summed E-state index contributed by atoms with van der Waals surface area (Å²) in [7, 11) is 0. The molecule has 1 aliphatic rings. The van der Waals surface area contributed by atoms with Crippen LogP contribution in [0.2, 0.25) is 0 Å². The van der Waals surface area contributed by atoms with Crippen molar-refractivity contribution >= 4 is 0 Å². The molecule has 1 aromatic carbocycles. The Morgan fingerprint density at radius 1 is 1.12 bits per heavy atom. The Labute approximate surface area is 94.7 Å². The number of benzene rings is 1. The smallest absolute Gasteiger partial charge is 0.251 e. The molecule has 1 fully saturated rings. The molecular weight excluding hydrogens is 208 g/mol. The van der Waals surface area contributed by atoms with Gasteiger partial charge in [0.1, 0.15) is 0 Å². The van der Waals surface area contributed by atoms with Crippen LogP contribution >= 0.6 is 0 Å². The summed E-state index contributed by atoms with van der Waals surface area (Å²) in [5, 5.41) is 0. The van der Waals surface area contributed by atoms with Crippen molar-refractivity contribution in [1.29, 1.82) is 0 Å². The largest absolute Gasteiger partial charge is 0.324 e. The van der Waals surface area contributed by atoms with E-state index in [-0.39, 0.29) is 12.8 Å². The SMILES string of the molecule is CC(C)(c1ccccc1)C1(N)CC(F)(F)C1. The molecule has 1 aliphatic carbocycles. The predicted molar refractivity (Wildman–Crippen MR) is 60.6 cm³/mol. The molecule has 0 heterocycles. The summed E-state index contributed by atoms with van der Waals surface area (Å²) in [6, 6.07) is 9.64. The van der Waals surface area contributed by atoms with Gasteiger partial charge in [0.15, 0.2) is 0 Å². The van der Waals surface area contributed by atoms with Gasteiger partial charge >= 0.3 is 0 Å². The third kappa shape index (κ3) is 1.63. The number of halogens is 2. The Morgan fingerprint density at radius 2 is 1.62 bits per heavy atom. The monoisotopic (exact) mass is 225 g/mol. The lowest BCUT2D eigenvalue weighted by Gasteiger charge is -2.54. The van der Waals surface area contributed by atoms with Gasteiger partial charge in [-0.1, -0.05) is 44.2 Å². The van der Waals surface area contributed by atoms with Crippen molar-refractivity contribution in [2.24, 2.45) is 5.73 Å². The highest BCUT2D eigenvalue weighted by atomic mass is 19.3. The molecule has 1 aromatic rings. The van der Waals surface area contributed by atoms with Crippen LogP contribution in [0.1, 0.15) is 32.3 Å². The lowest BCUT2D eigenvalue weighted by molar-refractivity contribution is -0.141. The van der Waals surface area contributed by atoms with Gasteiger partial charge in [0.25, 0.3) is 5.92 Å². The van der Waals surface area contributed by atoms with Gasteiger partial charge in [-0.2, -0.15) is 0 Å². The molecule has 0 atom stereocenters. The summed E-state index contributed by atoms with van der Waals surface area (Å²) in [6.45, 7) is 3.88. The molecular formula is C13H17F2N. The number of hydrogen-bond acceptors (Lipinski definition) is 1. The van der Waals surface area contributed by atoms with Crippen LogP contribution in [0.4, 0.5) is 8.78 Å². The Hall–Kier alpha value is -0.960. The molecule has 0 spiro atoms. The predicted octanol–water partition coefficient (Wildman–Crippen LogP) is 3.09. The van der Waals surface area contributed by atoms with Gasteiger partial charge in [0.05, 0.1) is 0 Å². The Balaban J connectivity index is 2.27. The van der Waals surface area contributed by atoms with Crippen LogP contribution in [0, 0.1) is 0 Å². The third-order valence-electron chi connectivity index (χ3n) is 3.89. The zero-order valence-corrected chi connectivity index (χ0v) is 9.63. The topological polar surface area (TPSA) is 26.0 Å². The summed E-state index contributed by atoms with van der Waals surface area (Å²) in [6.07, 6.45) is -0.441. The highest BCUT2D eigenvalue weighted by Gasteiger charge is 2.61. The molecule has 0 radical (unpaired) electrons. The van der Waals surface area contributed by atoms with E-state index in [0.717, 1.165) is 5.56 Å². The molecule has 0 bridgehead atoms. The quantitative estimate of drug-likeness (QED) is 0.822. The Bertz CT molecular complexity index is 376. The van der Waals surface area contributed by atoms with Crippen LogP contribution in [0.3, 0.4) is 0 Å². The normalized spacial score (nSPS) is 22.6. The van der Waals surface area contributed by atoms with Crippen LogP contribution in [0.15, 0.2) is 30.3 Å². The van der Waals surface area contributed by atoms with Crippen LogP contribution in [0.25, 0.3) is 0 Å². The average Bonchev–Trinajstić information content (AvgIpc) is 2.16. The van der Waals surface area contributed by atoms with Crippen molar-refractivity contribution in [3.05, 3.63) is 35.9 Å². The van der Waals surface area contributed by atoms with Crippen molar-refractivity contribution < 1.29 is 8.78 Å². The molecule has 88 valence electrons. The van der Waals surface area contributed by atoms with Gasteiger partial charge < -0.3 is 5.73 Å². The van der Waals surface area contributed by atoms with E-state index in [2.05, 4.69) is 0 Å². The van der Waals surface area contributed by atoms with Gasteiger partial charge in [-0.25, -0.2) is 8.78 Å². The molecule has 1 nitrogen and oxygen atoms in total. The molecule has 16 heavy (non-hydrogen) atoms. The van der Waals surface area contributed by atoms with E-state index in [9.17, 15) is 8.78 Å². The fourth-order valence-electron chi connectivity index (χ4n) is 2.46. The Kier molecular flexibility index (Phi) is 2.35. The number of rotatable bonds is 2. The molecule has 0 amide bonds. The zero-order valence-electron chi connectivity index (χ0n) is 9.63. The summed E-state index contributed by atoms with van der Waals surface area (Å²) in [5.41, 5.74) is 5.92. The summed E-state index contributed by atoms with van der Waals surface area (Å²) >= 11 is 0. The van der Waals surface area contributed by atoms with Crippen molar-refractivity contribution in [3.63, 3.8) is 0 Å². The first kappa shape index (κ1) is 11.5. The first-order chi connectivity index (χ1) is 7.27. The van der Waals surface area contributed by atoms with Gasteiger partial charge in [0.2, 0.25) is 0 Å². The lowest BCUT2D eigenvalue weighted by Crippen LogP contribution is -2.67. The highest BCUT2D eigenvalue weighted by Crippen LogP contribution is 2.53. The lowest BCUT2D eigenvalue weighted by atomic mass is 9.57. The van der Waals surface area contributed by atoms with E-state index in [4.69, 9.17) is 5.73 Å². The van der Waals surface area contributed by atoms with Gasteiger partial charge in [-0.15, -0.1) is 0 Å². The maximum atomic E-state index is 13.0. The van der Waals surface area contributed by atoms with Gasteiger partial charge in [0, 0.05) is 23.8 Å². The zero-order chi connectivity index (χ0) is 12.0. The molecule has 2 rings (SSSR count). The van der Waals surface area contributed by atoms with Crippen molar-refractivity contribution in [1.82, 2.24) is 0 Å². The van der Waals surface area contributed by atoms with Gasteiger partial charge in [-0.05, 0) is 5.56 Å². The second-order valence-electron chi connectivity index (χ2n) is 5.36. The number of alkyl halides is 2. The number of hydrogen-bond donors (Lipinski definition) is 1. The highest BCUT2D eigenvalue weighted by molar-refractivity contribution is 5.31. The van der Waals surface area contributed by atoms with Crippen LogP contribution in [-0.4, -0.2) is 11.5 Å². The minimum atomic E-state index is -2.58. The van der Waals surface area contributed by atoms with Crippen molar-refractivity contribution in [3.8, 4) is 0 Å². The maximum absolute atomic E-state index is 13.0. The molecule has 0 aliphatic heterocycles. The van der Waals surface area contributed by atoms with Crippen LogP contribution < -0.4 is 5.73 Å². The molecule has 0 unspecified atom stereocenters. The fourth-order valence-corrected chi connectivity index (χ4v) is 2.46. The van der Waals surface area contributed by atoms with E-state index in [1.165, 1.54) is 0 Å². The van der Waals surface area contributed by atoms with E-state index in [0.29, 0.717) is 0 Å². The molecule has 1 saturated carbocycles. The maximum Gasteiger partial charge on any atom is 0.251 e. The molecule has 0 aromatic heterocycles. The second-order valence-corrected chi connectivity index (χ2v) is 5.36. The van der Waals surface area contributed by atoms with E-state index < -0.39 is 16.9 Å². The first-order valence-electron chi connectivity index (χ1n) is 5.49. The van der Waals surface area contributed by atoms with E-state index >= 15 is 0 Å². The first-order valence-corrected chi connectivity index (χ1v) is 5.49. The summed E-state index contributed by atoms with van der Waals surface area (Å²) in [5.74, 6) is -2.58. The fraction of sp³-hybridized carbons (Fsp3) is 0.538. The second kappa shape index (κ2) is 3.27. The minimum absolute atomic E-state index is 0.220. The molecule has 0 saturated heterocycles. The van der Waals surface area contributed by atoms with E-state index in [1.54, 1.807) is 0 Å². The third-order valence-corrected chi connectivity index (χ3v) is 3.89. The van der Waals surface area contributed by atoms with Gasteiger partial charge in [-0.3, -0.25) is 0 Å². The van der Waals surface area contributed by atoms with Crippen molar-refractivity contribution in [2.45, 2.75) is 43.6 Å².